The number of hydrogen-bond donors (Lipinski definition) is 2. The van der Waals surface area contributed by atoms with Gasteiger partial charge in [-0.3, -0.25) is 19.8 Å². The number of carbonyl (C=O) groups is 3. The molecule has 1 aliphatic heterocycles. The third-order valence-electron chi connectivity index (χ3n) is 5.26. The van der Waals surface area contributed by atoms with Gasteiger partial charge in [0.25, 0.3) is 17.5 Å². The fourth-order valence-corrected chi connectivity index (χ4v) is 3.38. The molecule has 1 heterocycles. The number of halogens is 3. The number of hydrogen-bond acceptors (Lipinski definition) is 6. The van der Waals surface area contributed by atoms with E-state index < -0.39 is 29.7 Å². The number of methoxy groups -OCH3 is 3. The molecule has 0 aliphatic carbocycles. The van der Waals surface area contributed by atoms with Crippen LogP contribution in [0.1, 0.15) is 15.9 Å². The molecule has 1 aliphatic rings. The first-order valence-electron chi connectivity index (χ1n) is 9.94. The van der Waals surface area contributed by atoms with Crippen molar-refractivity contribution in [3.8, 4) is 17.2 Å². The summed E-state index contributed by atoms with van der Waals surface area (Å²) in [6.45, 7) is -0.332. The van der Waals surface area contributed by atoms with Crippen LogP contribution >= 0.6 is 0 Å². The van der Waals surface area contributed by atoms with Gasteiger partial charge in [-0.05, 0) is 42.3 Å². The molecular formula is C22H22F3N3O6. The maximum absolute atomic E-state index is 14.1. The van der Waals surface area contributed by atoms with Gasteiger partial charge in [-0.25, -0.2) is 4.79 Å². The van der Waals surface area contributed by atoms with E-state index in [0.29, 0.717) is 16.2 Å². The lowest BCUT2D eigenvalue weighted by Gasteiger charge is -2.30. The number of nitrogens with one attached hydrogen (secondary N) is 2. The molecule has 0 bridgehead atoms. The summed E-state index contributed by atoms with van der Waals surface area (Å²) in [6.07, 6.45) is -5.22. The van der Waals surface area contributed by atoms with E-state index in [1.54, 1.807) is 34.9 Å². The Morgan fingerprint density at radius 1 is 1.00 bits per heavy atom. The van der Waals surface area contributed by atoms with Crippen molar-refractivity contribution in [2.75, 3.05) is 27.9 Å². The number of rotatable bonds is 8. The summed E-state index contributed by atoms with van der Waals surface area (Å²) in [4.78, 5) is 38.3. The average Bonchev–Trinajstić information content (AvgIpc) is 3.07. The Kier molecular flexibility index (Phi) is 6.89. The number of nitrogens with zero attached hydrogens (tertiary/aromatic N) is 1. The summed E-state index contributed by atoms with van der Waals surface area (Å²) in [6, 6.07) is 9.01. The molecule has 12 heteroatoms. The zero-order valence-electron chi connectivity index (χ0n) is 18.5. The van der Waals surface area contributed by atoms with Crippen molar-refractivity contribution in [1.82, 2.24) is 15.5 Å². The van der Waals surface area contributed by atoms with Crippen LogP contribution in [-0.4, -0.2) is 62.5 Å². The Morgan fingerprint density at radius 3 is 2.21 bits per heavy atom. The van der Waals surface area contributed by atoms with Gasteiger partial charge in [0.05, 0.1) is 21.3 Å². The lowest BCUT2D eigenvalue weighted by Crippen LogP contribution is -2.69. The van der Waals surface area contributed by atoms with E-state index in [1.807, 2.05) is 0 Å². The summed E-state index contributed by atoms with van der Waals surface area (Å²) < 4.78 is 57.3. The van der Waals surface area contributed by atoms with Crippen molar-refractivity contribution in [1.29, 1.82) is 0 Å². The number of amides is 4. The molecule has 1 atom stereocenters. The predicted octanol–water partition coefficient (Wildman–Crippen LogP) is 2.50. The Labute approximate surface area is 192 Å². The molecule has 34 heavy (non-hydrogen) atoms. The molecule has 0 aromatic heterocycles. The quantitative estimate of drug-likeness (QED) is 0.562. The summed E-state index contributed by atoms with van der Waals surface area (Å²) in [5.41, 5.74) is -3.19. The highest BCUT2D eigenvalue weighted by Gasteiger charge is 2.68. The van der Waals surface area contributed by atoms with Gasteiger partial charge in [0, 0.05) is 12.1 Å². The number of alkyl halides is 3. The molecule has 2 aromatic carbocycles. The zero-order chi connectivity index (χ0) is 25.1. The predicted molar refractivity (Wildman–Crippen MR) is 113 cm³/mol. The van der Waals surface area contributed by atoms with Crippen LogP contribution in [0.3, 0.4) is 0 Å². The molecule has 182 valence electrons. The van der Waals surface area contributed by atoms with E-state index >= 15 is 0 Å². The van der Waals surface area contributed by atoms with Crippen molar-refractivity contribution in [3.63, 3.8) is 0 Å². The molecule has 2 aromatic rings. The topological polar surface area (TPSA) is 106 Å². The SMILES string of the molecule is COc1ccc(CCN2C(=O)N[C@](NC(=O)c3ccc(OC)c(OC)c3)(C(F)(F)F)C2=O)cc1. The lowest BCUT2D eigenvalue weighted by molar-refractivity contribution is -0.200. The van der Waals surface area contributed by atoms with Crippen LogP contribution in [0.2, 0.25) is 0 Å². The molecule has 0 saturated carbocycles. The first-order chi connectivity index (χ1) is 16.1. The first-order valence-corrected chi connectivity index (χ1v) is 9.94. The van der Waals surface area contributed by atoms with Crippen LogP contribution in [0.15, 0.2) is 42.5 Å². The number of urea groups is 1. The van der Waals surface area contributed by atoms with Crippen LogP contribution in [0.25, 0.3) is 0 Å². The molecule has 9 nitrogen and oxygen atoms in total. The van der Waals surface area contributed by atoms with E-state index in [9.17, 15) is 27.6 Å². The van der Waals surface area contributed by atoms with Crippen LogP contribution in [0, 0.1) is 0 Å². The smallest absolute Gasteiger partial charge is 0.440 e. The first kappa shape index (κ1) is 24.7. The summed E-state index contributed by atoms with van der Waals surface area (Å²) in [5.74, 6) is -1.96. The normalized spacial score (nSPS) is 17.9. The number of imide groups is 1. The monoisotopic (exact) mass is 481 g/mol. The molecule has 2 N–H and O–H groups in total. The van der Waals surface area contributed by atoms with Gasteiger partial charge in [0.2, 0.25) is 0 Å². The van der Waals surface area contributed by atoms with Crippen molar-refractivity contribution >= 4 is 17.8 Å². The van der Waals surface area contributed by atoms with Crippen molar-refractivity contribution in [3.05, 3.63) is 53.6 Å². The average molecular weight is 481 g/mol. The van der Waals surface area contributed by atoms with Gasteiger partial charge in [-0.15, -0.1) is 0 Å². The van der Waals surface area contributed by atoms with Gasteiger partial charge in [0.15, 0.2) is 11.5 Å². The second-order valence-electron chi connectivity index (χ2n) is 7.26. The Morgan fingerprint density at radius 2 is 1.65 bits per heavy atom. The molecule has 0 unspecified atom stereocenters. The van der Waals surface area contributed by atoms with Crippen molar-refractivity contribution < 1.29 is 41.8 Å². The molecule has 0 spiro atoms. The Hall–Kier alpha value is -3.96. The second kappa shape index (κ2) is 9.49. The van der Waals surface area contributed by atoms with Gasteiger partial charge in [0.1, 0.15) is 5.75 Å². The number of carbonyl (C=O) groups excluding carboxylic acids is 3. The number of ether oxygens (including phenoxy) is 3. The van der Waals surface area contributed by atoms with Gasteiger partial charge >= 0.3 is 12.2 Å². The largest absolute Gasteiger partial charge is 0.497 e. The van der Waals surface area contributed by atoms with Gasteiger partial charge in [-0.2, -0.15) is 13.2 Å². The third-order valence-corrected chi connectivity index (χ3v) is 5.26. The summed E-state index contributed by atoms with van der Waals surface area (Å²) in [5, 5.41) is 3.28. The fourth-order valence-electron chi connectivity index (χ4n) is 3.38. The maximum Gasteiger partial charge on any atom is 0.440 e. The Bertz CT molecular complexity index is 1090. The minimum absolute atomic E-state index is 0.0964. The number of benzene rings is 2. The fraction of sp³-hybridized carbons (Fsp3) is 0.318. The van der Waals surface area contributed by atoms with E-state index in [-0.39, 0.29) is 30.0 Å². The molecule has 3 rings (SSSR count). The van der Waals surface area contributed by atoms with Gasteiger partial charge in [-0.1, -0.05) is 12.1 Å². The second-order valence-corrected chi connectivity index (χ2v) is 7.26. The van der Waals surface area contributed by atoms with Crippen LogP contribution in [-0.2, 0) is 11.2 Å². The van der Waals surface area contributed by atoms with Gasteiger partial charge < -0.3 is 19.5 Å². The highest BCUT2D eigenvalue weighted by Crippen LogP contribution is 2.35. The minimum Gasteiger partial charge on any atom is -0.497 e. The lowest BCUT2D eigenvalue weighted by atomic mass is 10.1. The molecule has 1 saturated heterocycles. The summed E-state index contributed by atoms with van der Waals surface area (Å²) >= 11 is 0. The van der Waals surface area contributed by atoms with Crippen molar-refractivity contribution in [2.24, 2.45) is 0 Å². The molecule has 0 radical (unpaired) electrons. The van der Waals surface area contributed by atoms with E-state index in [1.165, 1.54) is 33.5 Å². The molecule has 4 amide bonds. The Balaban J connectivity index is 1.83. The van der Waals surface area contributed by atoms with Crippen LogP contribution in [0.5, 0.6) is 17.2 Å². The minimum atomic E-state index is -5.32. The zero-order valence-corrected chi connectivity index (χ0v) is 18.5. The van der Waals surface area contributed by atoms with E-state index in [4.69, 9.17) is 14.2 Å². The maximum atomic E-state index is 14.1. The third kappa shape index (κ3) is 4.56. The van der Waals surface area contributed by atoms with Crippen LogP contribution in [0.4, 0.5) is 18.0 Å². The standard InChI is InChI=1S/C22H22F3N3O6/c1-32-15-7-4-13(5-8-15)10-11-28-19(30)21(22(23,24)25,27-20(28)31)26-18(29)14-6-9-16(33-2)17(12-14)34-3/h4-9,12H,10-11H2,1-3H3,(H,26,29)(H,27,31)/t21-/m0/s1. The van der Waals surface area contributed by atoms with E-state index in [2.05, 4.69) is 0 Å². The highest BCUT2D eigenvalue weighted by atomic mass is 19.4. The molecule has 1 fully saturated rings. The van der Waals surface area contributed by atoms with Crippen LogP contribution < -0.4 is 24.8 Å². The highest BCUT2D eigenvalue weighted by molar-refractivity contribution is 6.10. The van der Waals surface area contributed by atoms with E-state index in [0.717, 1.165) is 6.07 Å². The van der Waals surface area contributed by atoms with Crippen molar-refractivity contribution in [2.45, 2.75) is 18.3 Å². The molecular weight excluding hydrogens is 459 g/mol. The summed E-state index contributed by atoms with van der Waals surface area (Å²) in [7, 11) is 4.12.